The number of nitrogens with two attached hydrogens (primary N) is 1. The minimum atomic E-state index is -0.975. The molecule has 0 radical (unpaired) electrons. The number of rotatable bonds is 1. The highest BCUT2D eigenvalue weighted by molar-refractivity contribution is 5.79. The average molecular weight is 246 g/mol. The van der Waals surface area contributed by atoms with Crippen LogP contribution < -0.4 is 5.73 Å². The summed E-state index contributed by atoms with van der Waals surface area (Å²) in [7, 11) is 0. The number of hydrogen-bond donors (Lipinski definition) is 1. The maximum absolute atomic E-state index is 13.6. The van der Waals surface area contributed by atoms with E-state index in [2.05, 4.69) is 4.98 Å². The summed E-state index contributed by atoms with van der Waals surface area (Å²) in [4.78, 5) is 4.09. The first-order valence-corrected chi connectivity index (χ1v) is 5.25. The Morgan fingerprint density at radius 1 is 1.11 bits per heavy atom. The number of fused-ring (bicyclic) bond motifs is 1. The molecule has 5 heteroatoms. The summed E-state index contributed by atoms with van der Waals surface area (Å²) < 4.78 is 32.1. The van der Waals surface area contributed by atoms with Crippen molar-refractivity contribution in [3.63, 3.8) is 0 Å². The Kier molecular flexibility index (Phi) is 2.26. The molecule has 90 valence electrons. The fourth-order valence-corrected chi connectivity index (χ4v) is 1.73. The molecule has 3 rings (SSSR count). The van der Waals surface area contributed by atoms with Crippen LogP contribution in [0.5, 0.6) is 0 Å². The molecule has 0 saturated heterocycles. The van der Waals surface area contributed by atoms with Gasteiger partial charge in [0.05, 0.1) is 5.56 Å². The zero-order valence-electron chi connectivity index (χ0n) is 9.15. The lowest BCUT2D eigenvalue weighted by molar-refractivity contribution is 0.505. The van der Waals surface area contributed by atoms with E-state index in [9.17, 15) is 8.78 Å². The molecule has 0 aliphatic carbocycles. The van der Waals surface area contributed by atoms with E-state index in [0.717, 1.165) is 6.07 Å². The van der Waals surface area contributed by atoms with Crippen molar-refractivity contribution in [3.05, 3.63) is 48.0 Å². The summed E-state index contributed by atoms with van der Waals surface area (Å²) in [6.07, 6.45) is 0. The monoisotopic (exact) mass is 246 g/mol. The normalized spacial score (nSPS) is 11.0. The van der Waals surface area contributed by atoms with E-state index >= 15 is 0 Å². The molecule has 0 atom stereocenters. The number of nitrogens with zero attached hydrogens (tertiary/aromatic N) is 1. The van der Waals surface area contributed by atoms with Gasteiger partial charge in [0.25, 0.3) is 0 Å². The van der Waals surface area contributed by atoms with Crippen molar-refractivity contribution in [2.24, 2.45) is 0 Å². The van der Waals surface area contributed by atoms with E-state index in [4.69, 9.17) is 10.2 Å². The van der Waals surface area contributed by atoms with Crippen LogP contribution in [-0.4, -0.2) is 4.98 Å². The Labute approximate surface area is 101 Å². The molecule has 0 aliphatic rings. The van der Waals surface area contributed by atoms with Crippen LogP contribution in [0.1, 0.15) is 0 Å². The van der Waals surface area contributed by atoms with Crippen molar-refractivity contribution in [2.45, 2.75) is 0 Å². The lowest BCUT2D eigenvalue weighted by atomic mass is 10.2. The predicted molar refractivity (Wildman–Crippen MR) is 63.8 cm³/mol. The molecule has 1 aromatic heterocycles. The van der Waals surface area contributed by atoms with Gasteiger partial charge < -0.3 is 10.2 Å². The van der Waals surface area contributed by atoms with Crippen molar-refractivity contribution in [2.75, 3.05) is 5.73 Å². The Morgan fingerprint density at radius 2 is 1.94 bits per heavy atom. The Hall–Kier alpha value is -2.43. The summed E-state index contributed by atoms with van der Waals surface area (Å²) >= 11 is 0. The quantitative estimate of drug-likeness (QED) is 0.670. The number of aromatic nitrogens is 1. The molecule has 0 saturated carbocycles. The van der Waals surface area contributed by atoms with Gasteiger partial charge in [-0.15, -0.1) is 0 Å². The zero-order valence-corrected chi connectivity index (χ0v) is 9.15. The van der Waals surface area contributed by atoms with Gasteiger partial charge in [0.2, 0.25) is 5.89 Å². The van der Waals surface area contributed by atoms with Gasteiger partial charge in [-0.25, -0.2) is 13.8 Å². The van der Waals surface area contributed by atoms with E-state index in [-0.39, 0.29) is 11.5 Å². The first-order chi connectivity index (χ1) is 8.65. The van der Waals surface area contributed by atoms with Crippen molar-refractivity contribution in [1.82, 2.24) is 4.98 Å². The molecule has 2 aromatic carbocycles. The van der Waals surface area contributed by atoms with Gasteiger partial charge in [-0.05, 0) is 30.3 Å². The first kappa shape index (κ1) is 10.7. The van der Waals surface area contributed by atoms with Gasteiger partial charge in [0.1, 0.15) is 5.52 Å². The molecule has 1 heterocycles. The van der Waals surface area contributed by atoms with Gasteiger partial charge >= 0.3 is 0 Å². The van der Waals surface area contributed by atoms with Crippen molar-refractivity contribution in [1.29, 1.82) is 0 Å². The zero-order chi connectivity index (χ0) is 12.7. The van der Waals surface area contributed by atoms with Gasteiger partial charge in [-0.3, -0.25) is 0 Å². The summed E-state index contributed by atoms with van der Waals surface area (Å²) in [5, 5.41) is 0. The van der Waals surface area contributed by atoms with Crippen LogP contribution in [-0.2, 0) is 0 Å². The van der Waals surface area contributed by atoms with E-state index in [1.54, 1.807) is 18.2 Å². The minimum Gasteiger partial charge on any atom is -0.436 e. The molecule has 0 amide bonds. The lowest BCUT2D eigenvalue weighted by Gasteiger charge is -1.97. The molecule has 0 bridgehead atoms. The van der Waals surface area contributed by atoms with Gasteiger partial charge in [0.15, 0.2) is 17.2 Å². The van der Waals surface area contributed by atoms with E-state index in [1.807, 2.05) is 0 Å². The molecular formula is C13H8F2N2O. The summed E-state index contributed by atoms with van der Waals surface area (Å²) in [5.41, 5.74) is 7.11. The van der Waals surface area contributed by atoms with Crippen LogP contribution in [0.15, 0.2) is 40.8 Å². The van der Waals surface area contributed by atoms with E-state index in [1.165, 1.54) is 12.1 Å². The van der Waals surface area contributed by atoms with E-state index < -0.39 is 11.6 Å². The molecule has 2 N–H and O–H groups in total. The minimum absolute atomic E-state index is 0.00947. The van der Waals surface area contributed by atoms with Crippen molar-refractivity contribution < 1.29 is 13.2 Å². The molecule has 3 aromatic rings. The number of halogens is 2. The maximum atomic E-state index is 13.6. The number of nitrogen functional groups attached to an aromatic ring is 1. The third-order valence-corrected chi connectivity index (χ3v) is 2.59. The fraction of sp³-hybridized carbons (Fsp3) is 0. The molecule has 0 spiro atoms. The third-order valence-electron chi connectivity index (χ3n) is 2.59. The Bertz CT molecular complexity index is 737. The highest BCUT2D eigenvalue weighted by Gasteiger charge is 2.15. The Morgan fingerprint density at radius 3 is 2.78 bits per heavy atom. The molecule has 0 fully saturated rings. The topological polar surface area (TPSA) is 52.0 Å². The van der Waals surface area contributed by atoms with Crippen molar-refractivity contribution >= 4 is 16.8 Å². The van der Waals surface area contributed by atoms with Crippen LogP contribution in [0.25, 0.3) is 22.6 Å². The third kappa shape index (κ3) is 1.60. The standard InChI is InChI=1S/C13H8F2N2O/c14-9-3-1-2-8(12(9)15)13-17-10-6-7(16)4-5-11(10)18-13/h1-6H,16H2. The summed E-state index contributed by atoms with van der Waals surface area (Å²) in [6.45, 7) is 0. The molecule has 18 heavy (non-hydrogen) atoms. The van der Waals surface area contributed by atoms with E-state index in [0.29, 0.717) is 16.8 Å². The lowest BCUT2D eigenvalue weighted by Crippen LogP contribution is -1.88. The van der Waals surface area contributed by atoms with Crippen molar-refractivity contribution in [3.8, 4) is 11.5 Å². The van der Waals surface area contributed by atoms with Crippen LogP contribution in [0.2, 0.25) is 0 Å². The van der Waals surface area contributed by atoms with Crippen LogP contribution in [0.4, 0.5) is 14.5 Å². The van der Waals surface area contributed by atoms with Crippen LogP contribution in [0, 0.1) is 11.6 Å². The second-order valence-corrected chi connectivity index (χ2v) is 3.85. The molecule has 0 unspecified atom stereocenters. The highest BCUT2D eigenvalue weighted by atomic mass is 19.2. The first-order valence-electron chi connectivity index (χ1n) is 5.25. The second kappa shape index (κ2) is 3.80. The molecule has 0 aliphatic heterocycles. The molecule has 3 nitrogen and oxygen atoms in total. The average Bonchev–Trinajstić information content (AvgIpc) is 2.75. The number of benzene rings is 2. The second-order valence-electron chi connectivity index (χ2n) is 3.85. The summed E-state index contributed by atoms with van der Waals surface area (Å²) in [6, 6.07) is 8.75. The SMILES string of the molecule is Nc1ccc2oc(-c3cccc(F)c3F)nc2c1. The number of anilines is 1. The van der Waals surface area contributed by atoms with Gasteiger partial charge in [-0.2, -0.15) is 0 Å². The highest BCUT2D eigenvalue weighted by Crippen LogP contribution is 2.28. The largest absolute Gasteiger partial charge is 0.436 e. The number of hydrogen-bond acceptors (Lipinski definition) is 3. The van der Waals surface area contributed by atoms with Crippen LogP contribution in [0.3, 0.4) is 0 Å². The number of oxazole rings is 1. The predicted octanol–water partition coefficient (Wildman–Crippen LogP) is 3.36. The molecular weight excluding hydrogens is 238 g/mol. The maximum Gasteiger partial charge on any atom is 0.230 e. The Balaban J connectivity index is 2.22. The fourth-order valence-electron chi connectivity index (χ4n) is 1.73. The summed E-state index contributed by atoms with van der Waals surface area (Å²) in [5.74, 6) is -1.88. The van der Waals surface area contributed by atoms with Gasteiger partial charge in [-0.1, -0.05) is 6.07 Å². The van der Waals surface area contributed by atoms with Gasteiger partial charge in [0, 0.05) is 5.69 Å². The van der Waals surface area contributed by atoms with Crippen LogP contribution >= 0.6 is 0 Å². The smallest absolute Gasteiger partial charge is 0.230 e.